The predicted octanol–water partition coefficient (Wildman–Crippen LogP) is 3.69. The standard InChI is InChI=1S/C23H21NO4/c1-3-27-22(25)19-14(2)24-18-13-28-23(26)21(18)20(19)17-12-8-7-11-16(17)15-9-5-4-6-10-15/h4-12,20,24H,3,13H2,1-2H3. The van der Waals surface area contributed by atoms with Crippen molar-refractivity contribution < 1.29 is 19.1 Å². The van der Waals surface area contributed by atoms with E-state index in [1.807, 2.05) is 61.5 Å². The second kappa shape index (κ2) is 7.35. The number of esters is 2. The molecule has 0 bridgehead atoms. The van der Waals surface area contributed by atoms with Crippen molar-refractivity contribution in [3.8, 4) is 11.1 Å². The Morgan fingerprint density at radius 1 is 1.14 bits per heavy atom. The van der Waals surface area contributed by atoms with Crippen LogP contribution in [0.15, 0.2) is 77.1 Å². The molecular formula is C23H21NO4. The van der Waals surface area contributed by atoms with Crippen LogP contribution in [0.4, 0.5) is 0 Å². The fraction of sp³-hybridized carbons (Fsp3) is 0.217. The summed E-state index contributed by atoms with van der Waals surface area (Å²) in [5.74, 6) is -1.36. The molecule has 1 N–H and O–H groups in total. The van der Waals surface area contributed by atoms with Crippen molar-refractivity contribution in [2.75, 3.05) is 13.2 Å². The molecule has 4 rings (SSSR count). The number of rotatable bonds is 4. The minimum absolute atomic E-state index is 0.186. The van der Waals surface area contributed by atoms with Crippen LogP contribution in [0, 0.1) is 0 Å². The summed E-state index contributed by atoms with van der Waals surface area (Å²) in [5, 5.41) is 3.17. The molecule has 5 heteroatoms. The minimum Gasteiger partial charge on any atom is -0.463 e. The summed E-state index contributed by atoms with van der Waals surface area (Å²) in [5.41, 5.74) is 5.19. The Balaban J connectivity index is 1.93. The third-order valence-corrected chi connectivity index (χ3v) is 5.06. The lowest BCUT2D eigenvalue weighted by Gasteiger charge is -2.29. The zero-order valence-corrected chi connectivity index (χ0v) is 15.8. The molecule has 0 radical (unpaired) electrons. The maximum absolute atomic E-state index is 12.8. The van der Waals surface area contributed by atoms with Crippen LogP contribution in [-0.4, -0.2) is 25.2 Å². The van der Waals surface area contributed by atoms with Crippen molar-refractivity contribution in [2.24, 2.45) is 0 Å². The number of hydrogen-bond acceptors (Lipinski definition) is 5. The molecule has 0 saturated carbocycles. The summed E-state index contributed by atoms with van der Waals surface area (Å²) in [6.45, 7) is 4.05. The zero-order chi connectivity index (χ0) is 19.7. The Morgan fingerprint density at radius 3 is 2.61 bits per heavy atom. The van der Waals surface area contributed by atoms with Crippen molar-refractivity contribution in [1.82, 2.24) is 5.32 Å². The van der Waals surface area contributed by atoms with Crippen molar-refractivity contribution in [1.29, 1.82) is 0 Å². The van der Waals surface area contributed by atoms with Gasteiger partial charge in [-0.25, -0.2) is 9.59 Å². The normalized spacial score (nSPS) is 18.5. The number of carbonyl (C=O) groups excluding carboxylic acids is 2. The second-order valence-electron chi connectivity index (χ2n) is 6.74. The van der Waals surface area contributed by atoms with Gasteiger partial charge in [-0.3, -0.25) is 0 Å². The third kappa shape index (κ3) is 2.99. The highest BCUT2D eigenvalue weighted by molar-refractivity contribution is 6.01. The molecule has 0 saturated heterocycles. The fourth-order valence-electron chi connectivity index (χ4n) is 3.89. The van der Waals surface area contributed by atoms with Gasteiger partial charge in [0.05, 0.1) is 29.4 Å². The molecule has 5 nitrogen and oxygen atoms in total. The van der Waals surface area contributed by atoms with Crippen molar-refractivity contribution in [3.63, 3.8) is 0 Å². The zero-order valence-electron chi connectivity index (χ0n) is 15.8. The van der Waals surface area contributed by atoms with Crippen LogP contribution in [-0.2, 0) is 19.1 Å². The molecule has 0 fully saturated rings. The van der Waals surface area contributed by atoms with Gasteiger partial charge in [-0.1, -0.05) is 54.6 Å². The molecule has 1 unspecified atom stereocenters. The number of dihydropyridines is 1. The average Bonchev–Trinajstić information content (AvgIpc) is 3.08. The second-order valence-corrected chi connectivity index (χ2v) is 6.74. The molecule has 2 aromatic rings. The van der Waals surface area contributed by atoms with E-state index in [9.17, 15) is 9.59 Å². The SMILES string of the molecule is CCOC(=O)C1=C(C)NC2=C(C(=O)OC2)C1c1ccccc1-c1ccccc1. The van der Waals surface area contributed by atoms with E-state index >= 15 is 0 Å². The van der Waals surface area contributed by atoms with E-state index in [2.05, 4.69) is 5.32 Å². The molecular weight excluding hydrogens is 354 g/mol. The van der Waals surface area contributed by atoms with E-state index in [0.29, 0.717) is 22.5 Å². The number of carbonyl (C=O) groups is 2. The van der Waals surface area contributed by atoms with Gasteiger partial charge in [-0.05, 0) is 30.5 Å². The third-order valence-electron chi connectivity index (χ3n) is 5.06. The van der Waals surface area contributed by atoms with E-state index in [4.69, 9.17) is 9.47 Å². The Kier molecular flexibility index (Phi) is 4.74. The summed E-state index contributed by atoms with van der Waals surface area (Å²) in [7, 11) is 0. The topological polar surface area (TPSA) is 64.6 Å². The summed E-state index contributed by atoms with van der Waals surface area (Å²) in [6, 6.07) is 17.8. The van der Waals surface area contributed by atoms with Crippen LogP contribution in [0.5, 0.6) is 0 Å². The van der Waals surface area contributed by atoms with Gasteiger partial charge < -0.3 is 14.8 Å². The quantitative estimate of drug-likeness (QED) is 0.826. The number of allylic oxidation sites excluding steroid dienone is 1. The van der Waals surface area contributed by atoms with Gasteiger partial charge in [0.2, 0.25) is 0 Å². The average molecular weight is 375 g/mol. The lowest BCUT2D eigenvalue weighted by Crippen LogP contribution is -2.30. The molecule has 2 aromatic carbocycles. The first-order valence-electron chi connectivity index (χ1n) is 9.31. The molecule has 0 amide bonds. The van der Waals surface area contributed by atoms with Crippen LogP contribution in [0.2, 0.25) is 0 Å². The van der Waals surface area contributed by atoms with Crippen molar-refractivity contribution in [3.05, 3.63) is 82.7 Å². The van der Waals surface area contributed by atoms with Gasteiger partial charge in [0, 0.05) is 5.70 Å². The van der Waals surface area contributed by atoms with Gasteiger partial charge in [0.15, 0.2) is 0 Å². The van der Waals surface area contributed by atoms with Gasteiger partial charge in [-0.15, -0.1) is 0 Å². The molecule has 0 aliphatic carbocycles. The van der Waals surface area contributed by atoms with Gasteiger partial charge in [-0.2, -0.15) is 0 Å². The fourth-order valence-corrected chi connectivity index (χ4v) is 3.89. The van der Waals surface area contributed by atoms with E-state index in [-0.39, 0.29) is 13.2 Å². The number of benzene rings is 2. The van der Waals surface area contributed by atoms with Crippen LogP contribution in [0.1, 0.15) is 25.3 Å². The highest BCUT2D eigenvalue weighted by atomic mass is 16.5. The Hall–Kier alpha value is -3.34. The van der Waals surface area contributed by atoms with Crippen LogP contribution >= 0.6 is 0 Å². The Bertz CT molecular complexity index is 1000. The molecule has 2 aliphatic heterocycles. The summed E-state index contributed by atoms with van der Waals surface area (Å²) < 4.78 is 10.6. The molecule has 0 spiro atoms. The predicted molar refractivity (Wildman–Crippen MR) is 105 cm³/mol. The number of hydrogen-bond donors (Lipinski definition) is 1. The van der Waals surface area contributed by atoms with Crippen molar-refractivity contribution in [2.45, 2.75) is 19.8 Å². The number of nitrogens with one attached hydrogen (secondary N) is 1. The summed E-state index contributed by atoms with van der Waals surface area (Å²) >= 11 is 0. The molecule has 2 aliphatic rings. The molecule has 1 atom stereocenters. The van der Waals surface area contributed by atoms with Gasteiger partial charge >= 0.3 is 11.9 Å². The maximum Gasteiger partial charge on any atom is 0.337 e. The molecule has 0 aromatic heterocycles. The summed E-state index contributed by atoms with van der Waals surface area (Å²) in [4.78, 5) is 25.4. The van der Waals surface area contributed by atoms with E-state index in [0.717, 1.165) is 16.7 Å². The van der Waals surface area contributed by atoms with Crippen LogP contribution in [0.3, 0.4) is 0 Å². The Labute approximate surface area is 163 Å². The van der Waals surface area contributed by atoms with Gasteiger partial charge in [0.25, 0.3) is 0 Å². The number of cyclic esters (lactones) is 1. The first kappa shape index (κ1) is 18.0. The lowest BCUT2D eigenvalue weighted by atomic mass is 9.78. The van der Waals surface area contributed by atoms with Crippen molar-refractivity contribution >= 4 is 11.9 Å². The van der Waals surface area contributed by atoms with Gasteiger partial charge in [0.1, 0.15) is 6.61 Å². The minimum atomic E-state index is -0.540. The molecule has 28 heavy (non-hydrogen) atoms. The first-order chi connectivity index (χ1) is 13.6. The molecule has 2 heterocycles. The first-order valence-corrected chi connectivity index (χ1v) is 9.31. The largest absolute Gasteiger partial charge is 0.463 e. The lowest BCUT2D eigenvalue weighted by molar-refractivity contribution is -0.138. The van der Waals surface area contributed by atoms with E-state index in [1.165, 1.54) is 0 Å². The Morgan fingerprint density at radius 2 is 1.86 bits per heavy atom. The van der Waals surface area contributed by atoms with Crippen LogP contribution in [0.25, 0.3) is 11.1 Å². The van der Waals surface area contributed by atoms with E-state index < -0.39 is 17.9 Å². The smallest absolute Gasteiger partial charge is 0.337 e. The molecule has 142 valence electrons. The highest BCUT2D eigenvalue weighted by Gasteiger charge is 2.42. The summed E-state index contributed by atoms with van der Waals surface area (Å²) in [6.07, 6.45) is 0. The number of ether oxygens (including phenoxy) is 2. The highest BCUT2D eigenvalue weighted by Crippen LogP contribution is 2.44. The maximum atomic E-state index is 12.8. The monoisotopic (exact) mass is 375 g/mol. The van der Waals surface area contributed by atoms with E-state index in [1.54, 1.807) is 6.92 Å². The van der Waals surface area contributed by atoms with Crippen LogP contribution < -0.4 is 5.32 Å².